The van der Waals surface area contributed by atoms with Crippen LogP contribution in [0.1, 0.15) is 0 Å². The summed E-state index contributed by atoms with van der Waals surface area (Å²) < 4.78 is 7.04. The van der Waals surface area contributed by atoms with E-state index >= 15 is 0 Å². The second-order valence-corrected chi connectivity index (χ2v) is 13.9. The number of hydrogen-bond donors (Lipinski definition) is 0. The summed E-state index contributed by atoms with van der Waals surface area (Å²) in [6, 6.07) is 61.5. The van der Waals surface area contributed by atoms with E-state index in [4.69, 9.17) is 13.1 Å². The van der Waals surface area contributed by atoms with Crippen LogP contribution in [0.4, 0.5) is 11.4 Å². The molecule has 0 saturated heterocycles. The van der Waals surface area contributed by atoms with Crippen LogP contribution in [0.5, 0.6) is 0 Å². The van der Waals surface area contributed by atoms with Gasteiger partial charge in [-0.1, -0.05) is 109 Å². The second-order valence-electron chi connectivity index (χ2n) is 13.9. The Hall–Kier alpha value is -7.86. The Kier molecular flexibility index (Phi) is 6.61. The van der Waals surface area contributed by atoms with Gasteiger partial charge < -0.3 is 13.7 Å². The molecule has 55 heavy (non-hydrogen) atoms. The maximum absolute atomic E-state index is 7.94. The summed E-state index contributed by atoms with van der Waals surface area (Å²) in [7, 11) is 0. The highest BCUT2D eigenvalue weighted by Gasteiger charge is 2.21. The number of fused-ring (bicyclic) bond motifs is 9. The van der Waals surface area contributed by atoms with E-state index in [0.717, 1.165) is 61.0 Å². The number of benzene rings is 8. The van der Waals surface area contributed by atoms with Gasteiger partial charge in [0.15, 0.2) is 11.4 Å². The third-order valence-electron chi connectivity index (χ3n) is 11.0. The van der Waals surface area contributed by atoms with Crippen LogP contribution in [0.3, 0.4) is 0 Å². The van der Waals surface area contributed by atoms with Crippen molar-refractivity contribution in [2.45, 2.75) is 0 Å². The maximum atomic E-state index is 7.94. The number of nitrogens with zero attached hydrogens (tertiary/aromatic N) is 5. The molecule has 0 aliphatic heterocycles. The fourth-order valence-electron chi connectivity index (χ4n) is 8.77. The van der Waals surface area contributed by atoms with Gasteiger partial charge in [0, 0.05) is 43.9 Å². The van der Waals surface area contributed by atoms with Crippen molar-refractivity contribution in [1.29, 1.82) is 0 Å². The van der Waals surface area contributed by atoms with Crippen molar-refractivity contribution in [3.05, 3.63) is 199 Å². The van der Waals surface area contributed by atoms with Crippen molar-refractivity contribution < 1.29 is 0 Å². The topological polar surface area (TPSA) is 23.5 Å². The first-order valence-corrected chi connectivity index (χ1v) is 18.3. The SMILES string of the molecule is [C-]#[N+]c1ccc(-c2cccc(-n3c4ccccc4c4c(-n5c6ccccc6c6ccccc65)cccc43)c2)c(-n2c3ccccc3c3cc([N+]#[C-])ccc32)c1. The van der Waals surface area contributed by atoms with Crippen LogP contribution in [0, 0.1) is 13.1 Å². The summed E-state index contributed by atoms with van der Waals surface area (Å²) in [4.78, 5) is 7.57. The van der Waals surface area contributed by atoms with Crippen molar-refractivity contribution >= 4 is 76.8 Å². The zero-order valence-electron chi connectivity index (χ0n) is 29.5. The molecule has 0 aliphatic rings. The predicted octanol–water partition coefficient (Wildman–Crippen LogP) is 13.7. The van der Waals surface area contributed by atoms with Crippen molar-refractivity contribution in [3.63, 3.8) is 0 Å². The third kappa shape index (κ3) is 4.45. The van der Waals surface area contributed by atoms with E-state index in [-0.39, 0.29) is 0 Å². The van der Waals surface area contributed by atoms with Gasteiger partial charge in [0.2, 0.25) is 0 Å². The molecule has 0 unspecified atom stereocenters. The Balaban J connectivity index is 1.16. The highest BCUT2D eigenvalue weighted by Crippen LogP contribution is 2.42. The normalized spacial score (nSPS) is 11.6. The van der Waals surface area contributed by atoms with Crippen LogP contribution in [0.15, 0.2) is 176 Å². The van der Waals surface area contributed by atoms with Gasteiger partial charge in [-0.25, -0.2) is 9.69 Å². The minimum atomic E-state index is 0.568. The molecule has 0 N–H and O–H groups in total. The predicted molar refractivity (Wildman–Crippen MR) is 227 cm³/mol. The fraction of sp³-hybridized carbons (Fsp3) is 0. The van der Waals surface area contributed by atoms with Gasteiger partial charge in [0.05, 0.1) is 51.9 Å². The van der Waals surface area contributed by atoms with Crippen molar-refractivity contribution in [2.24, 2.45) is 0 Å². The molecule has 5 nitrogen and oxygen atoms in total. The van der Waals surface area contributed by atoms with Gasteiger partial charge in [0.25, 0.3) is 0 Å². The minimum Gasteiger partial charge on any atom is -0.310 e. The maximum Gasteiger partial charge on any atom is 0.189 e. The summed E-state index contributed by atoms with van der Waals surface area (Å²) in [5.41, 5.74) is 13.0. The van der Waals surface area contributed by atoms with Gasteiger partial charge in [0.1, 0.15) is 0 Å². The molecule has 3 aromatic heterocycles. The molecule has 0 fully saturated rings. The molecule has 8 aromatic carbocycles. The van der Waals surface area contributed by atoms with Gasteiger partial charge in [-0.2, -0.15) is 0 Å². The van der Waals surface area contributed by atoms with Crippen LogP contribution < -0.4 is 0 Å². The molecular weight excluding hydrogens is 671 g/mol. The van der Waals surface area contributed by atoms with E-state index in [9.17, 15) is 0 Å². The Morgan fingerprint density at radius 2 is 0.855 bits per heavy atom. The van der Waals surface area contributed by atoms with Crippen LogP contribution in [-0.2, 0) is 0 Å². The van der Waals surface area contributed by atoms with Gasteiger partial charge in [-0.05, 0) is 77.7 Å². The van der Waals surface area contributed by atoms with Crippen LogP contribution in [0.2, 0.25) is 0 Å². The first-order valence-electron chi connectivity index (χ1n) is 18.3. The van der Waals surface area contributed by atoms with Gasteiger partial charge >= 0.3 is 0 Å². The summed E-state index contributed by atoms with van der Waals surface area (Å²) >= 11 is 0. The van der Waals surface area contributed by atoms with Crippen LogP contribution in [0.25, 0.3) is 103 Å². The quantitative estimate of drug-likeness (QED) is 0.163. The monoisotopic (exact) mass is 699 g/mol. The molecule has 0 spiro atoms. The molecule has 0 aliphatic carbocycles. The van der Waals surface area contributed by atoms with E-state index in [2.05, 4.69) is 157 Å². The minimum absolute atomic E-state index is 0.568. The molecule has 0 bridgehead atoms. The summed E-state index contributed by atoms with van der Waals surface area (Å²) in [5.74, 6) is 0. The molecule has 3 heterocycles. The molecule has 0 saturated carbocycles. The lowest BCUT2D eigenvalue weighted by Gasteiger charge is -2.16. The summed E-state index contributed by atoms with van der Waals surface area (Å²) in [6.45, 7) is 15.6. The average Bonchev–Trinajstić information content (AvgIpc) is 3.89. The molecule has 0 radical (unpaired) electrons. The third-order valence-corrected chi connectivity index (χ3v) is 11.0. The van der Waals surface area contributed by atoms with Crippen molar-refractivity contribution in [2.75, 3.05) is 0 Å². The van der Waals surface area contributed by atoms with E-state index < -0.39 is 0 Å². The zero-order valence-corrected chi connectivity index (χ0v) is 29.5. The summed E-state index contributed by atoms with van der Waals surface area (Å²) in [6.07, 6.45) is 0. The fourth-order valence-corrected chi connectivity index (χ4v) is 8.77. The smallest absolute Gasteiger partial charge is 0.189 e. The van der Waals surface area contributed by atoms with Crippen LogP contribution in [-0.4, -0.2) is 13.7 Å². The molecular formula is C50H29N5. The lowest BCUT2D eigenvalue weighted by atomic mass is 10.0. The molecule has 254 valence electrons. The van der Waals surface area contributed by atoms with Crippen LogP contribution >= 0.6 is 0 Å². The van der Waals surface area contributed by atoms with Gasteiger partial charge in [-0.15, -0.1) is 0 Å². The molecule has 0 atom stereocenters. The van der Waals surface area contributed by atoms with Gasteiger partial charge in [-0.3, -0.25) is 0 Å². The molecule has 11 aromatic rings. The summed E-state index contributed by atoms with van der Waals surface area (Å²) in [5, 5.41) is 6.94. The Morgan fingerprint density at radius 3 is 1.53 bits per heavy atom. The van der Waals surface area contributed by atoms with E-state index in [1.54, 1.807) is 0 Å². The second kappa shape index (κ2) is 11.8. The Bertz CT molecular complexity index is 3420. The molecule has 11 rings (SSSR count). The number of para-hydroxylation sites is 4. The first kappa shape index (κ1) is 30.7. The largest absolute Gasteiger partial charge is 0.310 e. The van der Waals surface area contributed by atoms with Crippen molar-refractivity contribution in [3.8, 4) is 28.2 Å². The lowest BCUT2D eigenvalue weighted by Crippen LogP contribution is -1.99. The van der Waals surface area contributed by atoms with E-state index in [0.29, 0.717) is 11.4 Å². The highest BCUT2D eigenvalue weighted by molar-refractivity contribution is 6.16. The number of rotatable bonds is 4. The molecule has 5 heteroatoms. The Morgan fingerprint density at radius 1 is 0.345 bits per heavy atom. The zero-order chi connectivity index (χ0) is 36.6. The highest BCUT2D eigenvalue weighted by atomic mass is 15.0. The van der Waals surface area contributed by atoms with E-state index in [1.165, 1.54) is 32.6 Å². The molecule has 0 amide bonds. The first-order chi connectivity index (χ1) is 27.2. The number of aromatic nitrogens is 3. The average molecular weight is 700 g/mol. The standard InChI is InChI=1S/C50H29N5/c1-51-33-26-28-46-41(30-33)39-17-5-9-21-44(39)55(46)49-31-34(52-2)25-27-36(49)32-13-11-14-35(29-32)53-45-22-10-6-18-40(45)50-47(53)23-12-24-48(50)54-42-19-7-3-15-37(42)38-16-4-8-20-43(38)54/h3-31H. The lowest BCUT2D eigenvalue weighted by molar-refractivity contribution is 1.16. The number of hydrogen-bond acceptors (Lipinski definition) is 0. The Labute approximate surface area is 316 Å². The van der Waals surface area contributed by atoms with Crippen molar-refractivity contribution in [1.82, 2.24) is 13.7 Å². The van der Waals surface area contributed by atoms with E-state index in [1.807, 2.05) is 42.5 Å².